The summed E-state index contributed by atoms with van der Waals surface area (Å²) in [5.41, 5.74) is 0.522. The van der Waals surface area contributed by atoms with Crippen molar-refractivity contribution in [3.63, 3.8) is 0 Å². The third kappa shape index (κ3) is 6.06. The van der Waals surface area contributed by atoms with Crippen LogP contribution in [0.3, 0.4) is 0 Å². The molecule has 4 nitrogen and oxygen atoms in total. The summed E-state index contributed by atoms with van der Waals surface area (Å²) >= 11 is 3.21. The van der Waals surface area contributed by atoms with Crippen molar-refractivity contribution in [3.05, 3.63) is 69.7 Å². The van der Waals surface area contributed by atoms with Crippen LogP contribution >= 0.6 is 15.9 Å². The van der Waals surface area contributed by atoms with E-state index in [2.05, 4.69) is 21.2 Å². The number of hydrogen-bond acceptors (Lipinski definition) is 3. The Morgan fingerprint density at radius 2 is 1.92 bits per heavy atom. The summed E-state index contributed by atoms with van der Waals surface area (Å²) in [7, 11) is -3.41. The summed E-state index contributed by atoms with van der Waals surface area (Å²) in [6, 6.07) is 7.73. The first-order chi connectivity index (χ1) is 11.6. The highest BCUT2D eigenvalue weighted by Gasteiger charge is 2.12. The molecule has 0 atom stereocenters. The molecule has 25 heavy (non-hydrogen) atoms. The number of halogens is 3. The fraction of sp³-hybridized carbons (Fsp3) is 0.118. The smallest absolute Gasteiger partial charge is 0.248 e. The van der Waals surface area contributed by atoms with E-state index >= 15 is 0 Å². The van der Waals surface area contributed by atoms with Gasteiger partial charge in [0.25, 0.3) is 0 Å². The van der Waals surface area contributed by atoms with Crippen LogP contribution in [0.25, 0.3) is 6.08 Å². The van der Waals surface area contributed by atoms with E-state index in [1.165, 1.54) is 30.3 Å². The van der Waals surface area contributed by atoms with Gasteiger partial charge in [0.1, 0.15) is 11.6 Å². The van der Waals surface area contributed by atoms with Gasteiger partial charge in [-0.2, -0.15) is 0 Å². The van der Waals surface area contributed by atoms with Crippen molar-refractivity contribution in [1.82, 2.24) is 0 Å². The number of sulfone groups is 1. The summed E-state index contributed by atoms with van der Waals surface area (Å²) in [6.45, 7) is 0. The Hall–Kier alpha value is -2.06. The molecule has 0 unspecified atom stereocenters. The number of hydrogen-bond donors (Lipinski definition) is 1. The molecule has 1 amide bonds. The molecule has 0 fully saturated rings. The maximum absolute atomic E-state index is 13.6. The van der Waals surface area contributed by atoms with Gasteiger partial charge < -0.3 is 5.32 Å². The summed E-state index contributed by atoms with van der Waals surface area (Å²) in [5, 5.41) is 2.47. The number of anilines is 1. The molecule has 2 rings (SSSR count). The lowest BCUT2D eigenvalue weighted by Crippen LogP contribution is -2.12. The SMILES string of the molecule is CS(=O)(=O)Cc1cc(F)ccc1NC(=O)C=Cc1cc(Br)ccc1F. The van der Waals surface area contributed by atoms with E-state index in [4.69, 9.17) is 0 Å². The van der Waals surface area contributed by atoms with Crippen LogP contribution in [-0.2, 0) is 20.4 Å². The van der Waals surface area contributed by atoms with Crippen molar-refractivity contribution >= 4 is 43.4 Å². The summed E-state index contributed by atoms with van der Waals surface area (Å²) in [5.74, 6) is -2.11. The van der Waals surface area contributed by atoms with E-state index in [-0.39, 0.29) is 16.8 Å². The second-order valence-corrected chi connectivity index (χ2v) is 8.42. The number of carbonyl (C=O) groups excluding carboxylic acids is 1. The monoisotopic (exact) mass is 429 g/mol. The van der Waals surface area contributed by atoms with Crippen molar-refractivity contribution in [2.75, 3.05) is 11.6 Å². The average Bonchev–Trinajstić information content (AvgIpc) is 2.49. The molecule has 0 bridgehead atoms. The van der Waals surface area contributed by atoms with Crippen LogP contribution in [0, 0.1) is 11.6 Å². The Bertz CT molecular complexity index is 943. The largest absolute Gasteiger partial charge is 0.322 e. The van der Waals surface area contributed by atoms with Gasteiger partial charge in [-0.3, -0.25) is 4.79 Å². The van der Waals surface area contributed by atoms with Crippen LogP contribution in [0.4, 0.5) is 14.5 Å². The Balaban J connectivity index is 2.20. The first-order valence-corrected chi connectivity index (χ1v) is 9.90. The van der Waals surface area contributed by atoms with Crippen molar-refractivity contribution in [1.29, 1.82) is 0 Å². The lowest BCUT2D eigenvalue weighted by atomic mass is 10.2. The highest BCUT2D eigenvalue weighted by Crippen LogP contribution is 2.20. The van der Waals surface area contributed by atoms with Crippen LogP contribution in [0.2, 0.25) is 0 Å². The number of amides is 1. The standard InChI is InChI=1S/C17H14BrF2NO3S/c1-25(23,24)10-12-9-14(19)4-6-16(12)21-17(22)7-2-11-8-13(18)3-5-15(11)20/h2-9H,10H2,1H3,(H,21,22). The molecule has 0 saturated carbocycles. The van der Waals surface area contributed by atoms with Crippen LogP contribution in [0.5, 0.6) is 0 Å². The fourth-order valence-corrected chi connectivity index (χ4v) is 3.25. The molecule has 2 aromatic carbocycles. The molecule has 1 N–H and O–H groups in total. The molecule has 0 aromatic heterocycles. The molecule has 0 heterocycles. The third-order valence-electron chi connectivity index (χ3n) is 3.12. The van der Waals surface area contributed by atoms with Crippen LogP contribution in [0.1, 0.15) is 11.1 Å². The Kier molecular flexibility index (Phi) is 6.07. The van der Waals surface area contributed by atoms with Gasteiger partial charge in [0.2, 0.25) is 5.91 Å². The van der Waals surface area contributed by atoms with E-state index in [0.29, 0.717) is 4.47 Å². The van der Waals surface area contributed by atoms with Gasteiger partial charge in [-0.1, -0.05) is 15.9 Å². The Morgan fingerprint density at radius 1 is 1.20 bits per heavy atom. The maximum Gasteiger partial charge on any atom is 0.248 e. The van der Waals surface area contributed by atoms with Crippen LogP contribution in [0.15, 0.2) is 46.9 Å². The zero-order valence-electron chi connectivity index (χ0n) is 13.1. The summed E-state index contributed by atoms with van der Waals surface area (Å²) < 4.78 is 50.5. The second-order valence-electron chi connectivity index (χ2n) is 5.36. The molecule has 0 aliphatic rings. The predicted octanol–water partition coefficient (Wildman–Crippen LogP) is 3.92. The topological polar surface area (TPSA) is 63.2 Å². The highest BCUT2D eigenvalue weighted by molar-refractivity contribution is 9.10. The Morgan fingerprint density at radius 3 is 2.60 bits per heavy atom. The highest BCUT2D eigenvalue weighted by atomic mass is 79.9. The van der Waals surface area contributed by atoms with Gasteiger partial charge >= 0.3 is 0 Å². The van der Waals surface area contributed by atoms with Gasteiger partial charge in [-0.25, -0.2) is 17.2 Å². The van der Waals surface area contributed by atoms with Crippen molar-refractivity contribution < 1.29 is 22.0 Å². The van der Waals surface area contributed by atoms with Crippen molar-refractivity contribution in [2.45, 2.75) is 5.75 Å². The second kappa shape index (κ2) is 7.88. The van der Waals surface area contributed by atoms with Gasteiger partial charge in [-0.05, 0) is 48.0 Å². The quantitative estimate of drug-likeness (QED) is 0.732. The summed E-state index contributed by atoms with van der Waals surface area (Å²) in [4.78, 5) is 12.0. The first kappa shape index (κ1) is 19.3. The third-order valence-corrected chi connectivity index (χ3v) is 4.44. The fourth-order valence-electron chi connectivity index (χ4n) is 2.07. The molecule has 0 saturated heterocycles. The lowest BCUT2D eigenvalue weighted by Gasteiger charge is -2.09. The number of rotatable bonds is 5. The van der Waals surface area contributed by atoms with Crippen LogP contribution in [-0.4, -0.2) is 20.6 Å². The minimum absolute atomic E-state index is 0.137. The normalized spacial score (nSPS) is 11.7. The van der Waals surface area contributed by atoms with E-state index in [1.54, 1.807) is 0 Å². The number of nitrogens with one attached hydrogen (secondary N) is 1. The Labute approximate surface area is 152 Å². The van der Waals surface area contributed by atoms with E-state index in [0.717, 1.165) is 24.5 Å². The van der Waals surface area contributed by atoms with Gasteiger partial charge in [0.05, 0.1) is 5.75 Å². The molecule has 0 aliphatic heterocycles. The number of benzene rings is 2. The van der Waals surface area contributed by atoms with Gasteiger partial charge in [-0.15, -0.1) is 0 Å². The van der Waals surface area contributed by atoms with E-state index in [9.17, 15) is 22.0 Å². The van der Waals surface area contributed by atoms with Gasteiger partial charge in [0, 0.05) is 28.1 Å². The van der Waals surface area contributed by atoms with Crippen LogP contribution < -0.4 is 5.32 Å². The molecule has 0 aliphatic carbocycles. The first-order valence-electron chi connectivity index (χ1n) is 7.04. The molecule has 0 spiro atoms. The molecule has 0 radical (unpaired) electrons. The minimum Gasteiger partial charge on any atom is -0.322 e. The predicted molar refractivity (Wildman–Crippen MR) is 96.7 cm³/mol. The molecular formula is C17H14BrF2NO3S. The van der Waals surface area contributed by atoms with E-state index in [1.807, 2.05) is 0 Å². The number of carbonyl (C=O) groups is 1. The summed E-state index contributed by atoms with van der Waals surface area (Å²) in [6.07, 6.45) is 3.41. The maximum atomic E-state index is 13.6. The zero-order valence-corrected chi connectivity index (χ0v) is 15.5. The minimum atomic E-state index is -3.41. The lowest BCUT2D eigenvalue weighted by molar-refractivity contribution is -0.111. The molecule has 2 aromatic rings. The average molecular weight is 430 g/mol. The molecule has 132 valence electrons. The molecular weight excluding hydrogens is 416 g/mol. The van der Waals surface area contributed by atoms with Crippen molar-refractivity contribution in [3.8, 4) is 0 Å². The molecule has 8 heteroatoms. The van der Waals surface area contributed by atoms with Crippen molar-refractivity contribution in [2.24, 2.45) is 0 Å². The van der Waals surface area contributed by atoms with E-state index < -0.39 is 33.1 Å². The van der Waals surface area contributed by atoms with Gasteiger partial charge in [0.15, 0.2) is 9.84 Å². The zero-order chi connectivity index (χ0) is 18.6.